The highest BCUT2D eigenvalue weighted by Crippen LogP contribution is 2.36. The van der Waals surface area contributed by atoms with Crippen LogP contribution in [0.5, 0.6) is 0 Å². The number of fused-ring (bicyclic) bond motifs is 1. The van der Waals surface area contributed by atoms with Crippen LogP contribution in [0.25, 0.3) is 0 Å². The fourth-order valence-electron chi connectivity index (χ4n) is 2.27. The summed E-state index contributed by atoms with van der Waals surface area (Å²) in [5.41, 5.74) is 1.14. The third-order valence-corrected chi connectivity index (χ3v) is 3.50. The Morgan fingerprint density at radius 2 is 2.46 bits per heavy atom. The topological polar surface area (TPSA) is 32.7 Å². The van der Waals surface area contributed by atoms with Gasteiger partial charge in [0.15, 0.2) is 0 Å². The predicted octanol–water partition coefficient (Wildman–Crippen LogP) is 1.28. The van der Waals surface area contributed by atoms with Crippen molar-refractivity contribution in [3.63, 3.8) is 0 Å². The van der Waals surface area contributed by atoms with E-state index in [9.17, 15) is 5.11 Å². The number of hydrogen-bond acceptors (Lipinski definition) is 3. The maximum Gasteiger partial charge on any atom is 0.129 e. The highest BCUT2D eigenvalue weighted by atomic mass is 79.9. The lowest BCUT2D eigenvalue weighted by molar-refractivity contribution is 0.0822. The molecule has 2 aliphatic rings. The molecule has 2 rings (SSSR count). The molecule has 0 aromatic heterocycles. The molecule has 1 aliphatic heterocycles. The van der Waals surface area contributed by atoms with Crippen molar-refractivity contribution in [2.75, 3.05) is 13.6 Å². The molecule has 0 aromatic carbocycles. The van der Waals surface area contributed by atoms with E-state index < -0.39 is 6.23 Å². The van der Waals surface area contributed by atoms with E-state index in [1.165, 1.54) is 0 Å². The van der Waals surface area contributed by atoms with E-state index in [4.69, 9.17) is 3.83 Å². The van der Waals surface area contributed by atoms with Gasteiger partial charge in [-0.25, -0.2) is 0 Å². The fourth-order valence-corrected chi connectivity index (χ4v) is 2.72. The summed E-state index contributed by atoms with van der Waals surface area (Å²) in [7, 11) is 1.94. The Morgan fingerprint density at radius 1 is 1.69 bits per heavy atom. The van der Waals surface area contributed by atoms with Crippen LogP contribution in [-0.4, -0.2) is 35.9 Å². The van der Waals surface area contributed by atoms with Crippen LogP contribution in [0.1, 0.15) is 12.8 Å². The summed E-state index contributed by atoms with van der Waals surface area (Å²) < 4.78 is 5.24. The Kier molecular flexibility index (Phi) is 2.74. The average Bonchev–Trinajstić information content (AvgIpc) is 2.43. The minimum Gasteiger partial charge on any atom is -0.374 e. The molecular weight excluding hydrogens is 234 g/mol. The van der Waals surface area contributed by atoms with Gasteiger partial charge in [0, 0.05) is 12.5 Å². The first kappa shape index (κ1) is 9.65. The van der Waals surface area contributed by atoms with Crippen molar-refractivity contribution >= 4 is 16.3 Å². The summed E-state index contributed by atoms with van der Waals surface area (Å²) in [5, 5.41) is 9.79. The summed E-state index contributed by atoms with van der Waals surface area (Å²) in [4.78, 5) is 1.96. The molecule has 0 spiro atoms. The molecule has 1 fully saturated rings. The molecule has 1 N–H and O–H groups in total. The van der Waals surface area contributed by atoms with Crippen LogP contribution in [0, 0.1) is 5.92 Å². The quantitative estimate of drug-likeness (QED) is 0.709. The van der Waals surface area contributed by atoms with Gasteiger partial charge < -0.3 is 8.93 Å². The van der Waals surface area contributed by atoms with Crippen LogP contribution in [0.15, 0.2) is 11.6 Å². The van der Waals surface area contributed by atoms with Gasteiger partial charge in [0.25, 0.3) is 0 Å². The van der Waals surface area contributed by atoms with Gasteiger partial charge in [0.1, 0.15) is 6.23 Å². The summed E-state index contributed by atoms with van der Waals surface area (Å²) in [6.45, 7) is 0.892. The molecule has 3 nitrogen and oxygen atoms in total. The van der Waals surface area contributed by atoms with E-state index in [0.29, 0.717) is 5.92 Å². The van der Waals surface area contributed by atoms with E-state index in [2.05, 4.69) is 22.3 Å². The third-order valence-electron chi connectivity index (χ3n) is 3.02. The van der Waals surface area contributed by atoms with Crippen LogP contribution in [0.3, 0.4) is 0 Å². The van der Waals surface area contributed by atoms with Crippen molar-refractivity contribution in [1.29, 1.82) is 0 Å². The molecule has 4 heteroatoms. The third kappa shape index (κ3) is 1.56. The van der Waals surface area contributed by atoms with Gasteiger partial charge >= 0.3 is 0 Å². The fraction of sp³-hybridized carbons (Fsp3) is 0.778. The Bertz CT molecular complexity index is 232. The summed E-state index contributed by atoms with van der Waals surface area (Å²) in [5.74, 6) is 0.369. The minimum atomic E-state index is -0.393. The van der Waals surface area contributed by atoms with Gasteiger partial charge in [0.2, 0.25) is 0 Å². The van der Waals surface area contributed by atoms with Gasteiger partial charge in [-0.3, -0.25) is 4.90 Å². The van der Waals surface area contributed by atoms with Crippen LogP contribution in [-0.2, 0) is 3.83 Å². The number of allylic oxidation sites excluding steroid dienone is 1. The van der Waals surface area contributed by atoms with E-state index in [1.807, 2.05) is 11.9 Å². The lowest BCUT2D eigenvalue weighted by Gasteiger charge is -2.25. The van der Waals surface area contributed by atoms with Crippen molar-refractivity contribution in [1.82, 2.24) is 4.90 Å². The Morgan fingerprint density at radius 3 is 3.15 bits per heavy atom. The smallest absolute Gasteiger partial charge is 0.129 e. The Labute approximate surface area is 86.8 Å². The number of aliphatic hydroxyl groups is 1. The number of halogens is 1. The van der Waals surface area contributed by atoms with Crippen LogP contribution in [0.4, 0.5) is 0 Å². The van der Waals surface area contributed by atoms with Crippen molar-refractivity contribution in [2.24, 2.45) is 5.92 Å². The summed E-state index contributed by atoms with van der Waals surface area (Å²) in [6.07, 6.45) is 4.03. The molecule has 1 heterocycles. The zero-order valence-corrected chi connectivity index (χ0v) is 9.20. The number of rotatable bonds is 1. The monoisotopic (exact) mass is 247 g/mol. The largest absolute Gasteiger partial charge is 0.374 e. The first-order valence-electron chi connectivity index (χ1n) is 4.59. The van der Waals surface area contributed by atoms with E-state index in [1.54, 1.807) is 0 Å². The van der Waals surface area contributed by atoms with Gasteiger partial charge in [0.05, 0.1) is 22.4 Å². The first-order chi connectivity index (χ1) is 6.24. The van der Waals surface area contributed by atoms with Gasteiger partial charge in [-0.2, -0.15) is 0 Å². The predicted molar refractivity (Wildman–Crippen MR) is 53.2 cm³/mol. The highest BCUT2D eigenvalue weighted by molar-refractivity contribution is 9.06. The zero-order chi connectivity index (χ0) is 9.42. The first-order valence-corrected chi connectivity index (χ1v) is 5.24. The van der Waals surface area contributed by atoms with Gasteiger partial charge in [-0.1, -0.05) is 6.08 Å². The second-order valence-corrected chi connectivity index (χ2v) is 4.20. The maximum atomic E-state index is 9.79. The summed E-state index contributed by atoms with van der Waals surface area (Å²) in [6, 6.07) is 0. The van der Waals surface area contributed by atoms with Crippen molar-refractivity contribution in [2.45, 2.75) is 25.2 Å². The molecule has 0 saturated carbocycles. The van der Waals surface area contributed by atoms with E-state index in [0.717, 1.165) is 25.0 Å². The standard InChI is InChI=1S/C9H14BrNO2/c1-11-5-7-6(9(11)12)3-2-4-8(7)13-10/h3,7-9,12H,2,4-5H2,1H3. The number of likely N-dealkylation sites (N-methyl/N-ethyl adjacent to an activating group) is 1. The maximum absolute atomic E-state index is 9.79. The molecule has 74 valence electrons. The average molecular weight is 248 g/mol. The molecular formula is C9H14BrNO2. The van der Waals surface area contributed by atoms with Gasteiger partial charge in [-0.05, 0) is 25.5 Å². The van der Waals surface area contributed by atoms with Crippen LogP contribution < -0.4 is 0 Å². The molecule has 13 heavy (non-hydrogen) atoms. The van der Waals surface area contributed by atoms with Crippen molar-refractivity contribution in [3.05, 3.63) is 11.6 Å². The van der Waals surface area contributed by atoms with Crippen LogP contribution >= 0.6 is 16.3 Å². The summed E-state index contributed by atoms with van der Waals surface area (Å²) >= 11 is 3.06. The van der Waals surface area contributed by atoms with Crippen molar-refractivity contribution in [3.8, 4) is 0 Å². The normalized spacial score (nSPS) is 40.2. The molecule has 1 aliphatic carbocycles. The second-order valence-electron chi connectivity index (χ2n) is 3.83. The zero-order valence-electron chi connectivity index (χ0n) is 7.61. The molecule has 0 aromatic rings. The van der Waals surface area contributed by atoms with E-state index >= 15 is 0 Å². The number of likely N-dealkylation sites (tertiary alicyclic amines) is 1. The SMILES string of the molecule is CN1CC2C(=CCCC2OBr)C1O. The number of nitrogens with zero attached hydrogens (tertiary/aromatic N) is 1. The van der Waals surface area contributed by atoms with Crippen LogP contribution in [0.2, 0.25) is 0 Å². The van der Waals surface area contributed by atoms with E-state index in [-0.39, 0.29) is 6.10 Å². The number of aliphatic hydroxyl groups excluding tert-OH is 1. The Balaban J connectivity index is 2.20. The second kappa shape index (κ2) is 3.69. The molecule has 1 saturated heterocycles. The van der Waals surface area contributed by atoms with Gasteiger partial charge in [-0.15, -0.1) is 0 Å². The highest BCUT2D eigenvalue weighted by Gasteiger charge is 2.40. The van der Waals surface area contributed by atoms with Crippen molar-refractivity contribution < 1.29 is 8.93 Å². The molecule has 0 radical (unpaired) electrons. The molecule has 0 bridgehead atoms. The number of hydrogen-bond donors (Lipinski definition) is 1. The lowest BCUT2D eigenvalue weighted by atomic mass is 9.87. The molecule has 3 atom stereocenters. The molecule has 3 unspecified atom stereocenters. The molecule has 0 amide bonds. The Hall–Kier alpha value is 0.1000. The minimum absolute atomic E-state index is 0.222. The lowest BCUT2D eigenvalue weighted by Crippen LogP contribution is -2.26.